The molecule has 16 heavy (non-hydrogen) atoms. The average molecular weight is 226 g/mol. The third-order valence-corrected chi connectivity index (χ3v) is 1.90. The Morgan fingerprint density at radius 3 is 3.00 bits per heavy atom. The minimum atomic E-state index is -0.0451. The number of nitrogens with zero attached hydrogens (tertiary/aromatic N) is 3. The lowest BCUT2D eigenvalue weighted by Crippen LogP contribution is -2.26. The molecule has 1 rings (SSSR count). The number of nitrogens with one attached hydrogen (secondary N) is 1. The number of ether oxygens (including phenoxy) is 1. The summed E-state index contributed by atoms with van der Waals surface area (Å²) in [6.07, 6.45) is 3.41. The van der Waals surface area contributed by atoms with E-state index in [4.69, 9.17) is 4.74 Å². The predicted octanol–water partition coefficient (Wildman–Crippen LogP) is 0.0296. The van der Waals surface area contributed by atoms with Crippen LogP contribution in [0.5, 0.6) is 0 Å². The highest BCUT2D eigenvalue weighted by atomic mass is 16.5. The molecular weight excluding hydrogens is 208 g/mol. The average Bonchev–Trinajstić information content (AvgIpc) is 2.61. The van der Waals surface area contributed by atoms with E-state index in [1.807, 2.05) is 19.0 Å². The lowest BCUT2D eigenvalue weighted by Gasteiger charge is -2.08. The van der Waals surface area contributed by atoms with Gasteiger partial charge in [0.1, 0.15) is 0 Å². The maximum atomic E-state index is 11.4. The molecule has 1 amide bonds. The number of likely N-dealkylation sites (N-methyl/N-ethyl adjacent to an activating group) is 1. The van der Waals surface area contributed by atoms with Crippen molar-refractivity contribution >= 4 is 11.6 Å². The van der Waals surface area contributed by atoms with Crippen molar-refractivity contribution in [2.24, 2.45) is 0 Å². The van der Waals surface area contributed by atoms with Gasteiger partial charge in [0.05, 0.1) is 31.6 Å². The Morgan fingerprint density at radius 1 is 1.62 bits per heavy atom. The molecule has 0 bridgehead atoms. The molecule has 6 heteroatoms. The van der Waals surface area contributed by atoms with Gasteiger partial charge in [-0.15, -0.1) is 0 Å². The van der Waals surface area contributed by atoms with E-state index in [-0.39, 0.29) is 5.91 Å². The lowest BCUT2D eigenvalue weighted by atomic mass is 10.5. The van der Waals surface area contributed by atoms with E-state index in [0.29, 0.717) is 25.4 Å². The fourth-order valence-electron chi connectivity index (χ4n) is 1.22. The van der Waals surface area contributed by atoms with Crippen LogP contribution < -0.4 is 5.32 Å². The van der Waals surface area contributed by atoms with E-state index < -0.39 is 0 Å². The number of hydrogen-bond donors (Lipinski definition) is 1. The van der Waals surface area contributed by atoms with Crippen LogP contribution in [0.25, 0.3) is 0 Å². The number of carbonyl (C=O) groups is 1. The Labute approximate surface area is 95.2 Å². The van der Waals surface area contributed by atoms with Crippen LogP contribution in [0.3, 0.4) is 0 Å². The topological polar surface area (TPSA) is 59.4 Å². The maximum Gasteiger partial charge on any atom is 0.238 e. The quantitative estimate of drug-likeness (QED) is 0.743. The molecule has 1 N–H and O–H groups in total. The number of amides is 1. The number of carbonyl (C=O) groups excluding carboxylic acids is 1. The molecular formula is C10H18N4O2. The molecule has 0 fully saturated rings. The molecule has 6 nitrogen and oxygen atoms in total. The summed E-state index contributed by atoms with van der Waals surface area (Å²) in [6, 6.07) is 0. The second-order valence-electron chi connectivity index (χ2n) is 3.77. The maximum absolute atomic E-state index is 11.4. The summed E-state index contributed by atoms with van der Waals surface area (Å²) in [7, 11) is 5.34. The van der Waals surface area contributed by atoms with Crippen LogP contribution in [-0.2, 0) is 16.1 Å². The molecule has 0 aromatic carbocycles. The summed E-state index contributed by atoms with van der Waals surface area (Å²) < 4.78 is 6.66. The molecule has 1 heterocycles. The number of methoxy groups -OCH3 is 1. The first-order valence-electron chi connectivity index (χ1n) is 5.08. The molecule has 0 aliphatic carbocycles. The van der Waals surface area contributed by atoms with Crippen molar-refractivity contribution in [2.75, 3.05) is 39.7 Å². The van der Waals surface area contributed by atoms with E-state index in [2.05, 4.69) is 10.4 Å². The lowest BCUT2D eigenvalue weighted by molar-refractivity contribution is -0.116. The summed E-state index contributed by atoms with van der Waals surface area (Å²) in [4.78, 5) is 13.2. The predicted molar refractivity (Wildman–Crippen MR) is 61.3 cm³/mol. The van der Waals surface area contributed by atoms with Gasteiger partial charge in [-0.2, -0.15) is 5.10 Å². The Morgan fingerprint density at radius 2 is 2.38 bits per heavy atom. The Bertz CT molecular complexity index is 335. The summed E-state index contributed by atoms with van der Waals surface area (Å²) in [5.41, 5.74) is 0.711. The van der Waals surface area contributed by atoms with Crippen molar-refractivity contribution in [3.05, 3.63) is 12.4 Å². The summed E-state index contributed by atoms with van der Waals surface area (Å²) in [6.45, 7) is 1.65. The molecule has 0 saturated carbocycles. The van der Waals surface area contributed by atoms with Crippen LogP contribution in [0.4, 0.5) is 5.69 Å². The van der Waals surface area contributed by atoms with Crippen molar-refractivity contribution in [1.29, 1.82) is 0 Å². The minimum Gasteiger partial charge on any atom is -0.383 e. The fraction of sp³-hybridized carbons (Fsp3) is 0.600. The Balaban J connectivity index is 2.42. The largest absolute Gasteiger partial charge is 0.383 e. The highest BCUT2D eigenvalue weighted by Crippen LogP contribution is 2.04. The number of rotatable bonds is 6. The third kappa shape index (κ3) is 4.41. The molecule has 90 valence electrons. The smallest absolute Gasteiger partial charge is 0.238 e. The van der Waals surface area contributed by atoms with E-state index in [0.717, 1.165) is 0 Å². The molecule has 0 atom stereocenters. The van der Waals surface area contributed by atoms with Crippen LogP contribution in [0, 0.1) is 0 Å². The summed E-state index contributed by atoms with van der Waals surface area (Å²) in [5.74, 6) is -0.0451. The normalized spacial score (nSPS) is 10.8. The van der Waals surface area contributed by atoms with E-state index in [9.17, 15) is 4.79 Å². The van der Waals surface area contributed by atoms with Gasteiger partial charge in [-0.1, -0.05) is 0 Å². The molecule has 0 aliphatic rings. The summed E-state index contributed by atoms with van der Waals surface area (Å²) in [5, 5.41) is 6.86. The zero-order valence-electron chi connectivity index (χ0n) is 9.93. The Hall–Kier alpha value is -1.40. The first kappa shape index (κ1) is 12.7. The zero-order chi connectivity index (χ0) is 12.0. The minimum absolute atomic E-state index is 0.0451. The van der Waals surface area contributed by atoms with Gasteiger partial charge < -0.3 is 15.0 Å². The van der Waals surface area contributed by atoms with Gasteiger partial charge in [-0.25, -0.2) is 0 Å². The standard InChI is InChI=1S/C10H18N4O2/c1-13(2)8-10(15)12-9-6-11-14(7-9)4-5-16-3/h6-7H,4-5,8H2,1-3H3,(H,12,15). The summed E-state index contributed by atoms with van der Waals surface area (Å²) >= 11 is 0. The van der Waals surface area contributed by atoms with Gasteiger partial charge in [0.25, 0.3) is 0 Å². The van der Waals surface area contributed by atoms with Crippen LogP contribution in [0.1, 0.15) is 0 Å². The highest BCUT2D eigenvalue weighted by Gasteiger charge is 2.05. The molecule has 1 aromatic heterocycles. The second kappa shape index (κ2) is 6.24. The van der Waals surface area contributed by atoms with Crippen LogP contribution >= 0.6 is 0 Å². The van der Waals surface area contributed by atoms with Gasteiger partial charge in [0.2, 0.25) is 5.91 Å². The molecule has 0 aliphatic heterocycles. The van der Waals surface area contributed by atoms with Crippen LogP contribution in [-0.4, -0.2) is 54.9 Å². The Kier molecular flexibility index (Phi) is 4.94. The van der Waals surface area contributed by atoms with Gasteiger partial charge >= 0.3 is 0 Å². The van der Waals surface area contributed by atoms with E-state index >= 15 is 0 Å². The van der Waals surface area contributed by atoms with Gasteiger partial charge in [-0.3, -0.25) is 9.48 Å². The second-order valence-corrected chi connectivity index (χ2v) is 3.77. The zero-order valence-corrected chi connectivity index (χ0v) is 9.93. The first-order chi connectivity index (χ1) is 7.61. The van der Waals surface area contributed by atoms with Crippen molar-refractivity contribution in [3.8, 4) is 0 Å². The van der Waals surface area contributed by atoms with Crippen molar-refractivity contribution in [1.82, 2.24) is 14.7 Å². The van der Waals surface area contributed by atoms with Crippen LogP contribution in [0.2, 0.25) is 0 Å². The molecule has 1 aromatic rings. The van der Waals surface area contributed by atoms with E-state index in [1.165, 1.54) is 0 Å². The van der Waals surface area contributed by atoms with Crippen molar-refractivity contribution in [2.45, 2.75) is 6.54 Å². The SMILES string of the molecule is COCCn1cc(NC(=O)CN(C)C)cn1. The highest BCUT2D eigenvalue weighted by molar-refractivity contribution is 5.91. The first-order valence-corrected chi connectivity index (χ1v) is 5.08. The van der Waals surface area contributed by atoms with Gasteiger partial charge in [-0.05, 0) is 14.1 Å². The monoisotopic (exact) mass is 226 g/mol. The van der Waals surface area contributed by atoms with Gasteiger partial charge in [0.15, 0.2) is 0 Å². The number of anilines is 1. The number of hydrogen-bond acceptors (Lipinski definition) is 4. The molecule has 0 unspecified atom stereocenters. The molecule has 0 spiro atoms. The van der Waals surface area contributed by atoms with Crippen LogP contribution in [0.15, 0.2) is 12.4 Å². The molecule has 0 radical (unpaired) electrons. The van der Waals surface area contributed by atoms with Gasteiger partial charge in [0, 0.05) is 13.3 Å². The molecule has 0 saturated heterocycles. The van der Waals surface area contributed by atoms with Crippen molar-refractivity contribution < 1.29 is 9.53 Å². The number of aromatic nitrogens is 2. The fourth-order valence-corrected chi connectivity index (χ4v) is 1.22. The van der Waals surface area contributed by atoms with Crippen molar-refractivity contribution in [3.63, 3.8) is 0 Å². The van der Waals surface area contributed by atoms with E-state index in [1.54, 1.807) is 24.2 Å². The third-order valence-electron chi connectivity index (χ3n) is 1.90.